The minimum Gasteiger partial charge on any atom is -0.508 e. The van der Waals surface area contributed by atoms with E-state index in [4.69, 9.17) is 4.74 Å². The molecule has 0 saturated heterocycles. The fourth-order valence-corrected chi connectivity index (χ4v) is 2.99. The molecule has 2 rings (SSSR count). The average molecular weight is 305 g/mol. The van der Waals surface area contributed by atoms with Crippen LogP contribution in [0.1, 0.15) is 57.9 Å². The Morgan fingerprint density at radius 1 is 1.18 bits per heavy atom. The molecule has 4 nitrogen and oxygen atoms in total. The van der Waals surface area contributed by atoms with Crippen molar-refractivity contribution in [3.63, 3.8) is 0 Å². The van der Waals surface area contributed by atoms with Crippen molar-refractivity contribution < 1.29 is 14.6 Å². The number of amides is 1. The molecule has 1 aliphatic carbocycles. The van der Waals surface area contributed by atoms with E-state index in [1.54, 1.807) is 12.1 Å². The zero-order valence-electron chi connectivity index (χ0n) is 13.8. The van der Waals surface area contributed by atoms with Crippen LogP contribution in [0.2, 0.25) is 0 Å². The number of alkyl carbamates (subject to hydrolysis) is 1. The summed E-state index contributed by atoms with van der Waals surface area (Å²) in [6.45, 7) is 6.30. The van der Waals surface area contributed by atoms with Gasteiger partial charge in [0.1, 0.15) is 11.4 Å². The summed E-state index contributed by atoms with van der Waals surface area (Å²) >= 11 is 0. The molecule has 1 aromatic carbocycles. The highest BCUT2D eigenvalue weighted by atomic mass is 16.6. The highest BCUT2D eigenvalue weighted by Crippen LogP contribution is 2.35. The summed E-state index contributed by atoms with van der Waals surface area (Å²) in [6, 6.07) is 7.54. The van der Waals surface area contributed by atoms with E-state index in [2.05, 4.69) is 5.32 Å². The van der Waals surface area contributed by atoms with Crippen molar-refractivity contribution in [1.82, 2.24) is 5.32 Å². The smallest absolute Gasteiger partial charge is 0.407 e. The molecule has 1 aliphatic rings. The lowest BCUT2D eigenvalue weighted by Gasteiger charge is -2.29. The number of phenolic OH excluding ortho intramolecular Hbond substituents is 1. The van der Waals surface area contributed by atoms with Gasteiger partial charge in [-0.1, -0.05) is 12.1 Å². The fraction of sp³-hybridized carbons (Fsp3) is 0.611. The van der Waals surface area contributed by atoms with Crippen LogP contribution in [0.4, 0.5) is 4.79 Å². The van der Waals surface area contributed by atoms with Crippen molar-refractivity contribution in [2.45, 2.75) is 58.0 Å². The quantitative estimate of drug-likeness (QED) is 0.880. The molecule has 0 aromatic heterocycles. The molecule has 1 saturated carbocycles. The molecule has 0 atom stereocenters. The zero-order chi connectivity index (χ0) is 16.2. The van der Waals surface area contributed by atoms with Crippen LogP contribution in [0, 0.1) is 5.92 Å². The van der Waals surface area contributed by atoms with Crippen molar-refractivity contribution in [2.24, 2.45) is 5.92 Å². The van der Waals surface area contributed by atoms with Crippen molar-refractivity contribution in [3.05, 3.63) is 29.8 Å². The van der Waals surface area contributed by atoms with Crippen LogP contribution >= 0.6 is 0 Å². The molecule has 4 heteroatoms. The molecule has 0 unspecified atom stereocenters. The maximum atomic E-state index is 11.7. The Morgan fingerprint density at radius 2 is 1.77 bits per heavy atom. The monoisotopic (exact) mass is 305 g/mol. The number of phenols is 1. The molecule has 0 spiro atoms. The van der Waals surface area contributed by atoms with Crippen LogP contribution in [-0.2, 0) is 4.74 Å². The van der Waals surface area contributed by atoms with Crippen molar-refractivity contribution in [1.29, 1.82) is 0 Å². The predicted octanol–water partition coefficient (Wildman–Crippen LogP) is 4.19. The molecule has 0 bridgehead atoms. The normalized spacial score (nSPS) is 22.1. The molecule has 22 heavy (non-hydrogen) atoms. The van der Waals surface area contributed by atoms with E-state index < -0.39 is 5.60 Å². The topological polar surface area (TPSA) is 58.6 Å². The molecule has 0 aliphatic heterocycles. The first-order valence-electron chi connectivity index (χ1n) is 8.09. The van der Waals surface area contributed by atoms with E-state index >= 15 is 0 Å². The maximum Gasteiger partial charge on any atom is 0.407 e. The van der Waals surface area contributed by atoms with Crippen LogP contribution in [0.15, 0.2) is 24.3 Å². The molecule has 0 radical (unpaired) electrons. The van der Waals surface area contributed by atoms with Gasteiger partial charge in [-0.3, -0.25) is 0 Å². The second-order valence-electron chi connectivity index (χ2n) is 7.19. The third-order valence-corrected chi connectivity index (χ3v) is 4.15. The van der Waals surface area contributed by atoms with Crippen LogP contribution in [0.3, 0.4) is 0 Å². The standard InChI is InChI=1S/C18H27NO3/c1-18(2,3)22-17(21)19-12-13-4-6-14(7-5-13)15-8-10-16(20)11-9-15/h8-11,13-14,20H,4-7,12H2,1-3H3,(H,19,21). The first-order chi connectivity index (χ1) is 10.3. The van der Waals surface area contributed by atoms with Crippen molar-refractivity contribution in [2.75, 3.05) is 6.54 Å². The maximum absolute atomic E-state index is 11.7. The van der Waals surface area contributed by atoms with Crippen LogP contribution in [-0.4, -0.2) is 23.3 Å². The van der Waals surface area contributed by atoms with Crippen LogP contribution < -0.4 is 5.32 Å². The van der Waals surface area contributed by atoms with Gasteiger partial charge >= 0.3 is 6.09 Å². The SMILES string of the molecule is CC(C)(C)OC(=O)NCC1CCC(c2ccc(O)cc2)CC1. The lowest BCUT2D eigenvalue weighted by atomic mass is 9.79. The molecular formula is C18H27NO3. The number of carbonyl (C=O) groups excluding carboxylic acids is 1. The van der Waals surface area contributed by atoms with Gasteiger partial charge in [-0.25, -0.2) is 4.79 Å². The number of benzene rings is 1. The van der Waals surface area contributed by atoms with E-state index in [0.29, 0.717) is 24.1 Å². The van der Waals surface area contributed by atoms with Gasteiger partial charge in [-0.15, -0.1) is 0 Å². The summed E-state index contributed by atoms with van der Waals surface area (Å²) in [7, 11) is 0. The highest BCUT2D eigenvalue weighted by molar-refractivity contribution is 5.67. The predicted molar refractivity (Wildman–Crippen MR) is 87.0 cm³/mol. The van der Waals surface area contributed by atoms with Gasteiger partial charge in [0.05, 0.1) is 0 Å². The van der Waals surface area contributed by atoms with E-state index in [-0.39, 0.29) is 6.09 Å². The Labute approximate surface area is 132 Å². The first kappa shape index (κ1) is 16.7. The second kappa shape index (κ2) is 7.03. The number of nitrogens with one attached hydrogen (secondary N) is 1. The number of hydrogen-bond acceptors (Lipinski definition) is 3. The molecule has 1 aromatic rings. The second-order valence-corrected chi connectivity index (χ2v) is 7.19. The van der Waals surface area contributed by atoms with Crippen LogP contribution in [0.25, 0.3) is 0 Å². The van der Waals surface area contributed by atoms with Crippen LogP contribution in [0.5, 0.6) is 5.75 Å². The molecule has 1 amide bonds. The fourth-order valence-electron chi connectivity index (χ4n) is 2.99. The van der Waals surface area contributed by atoms with E-state index in [1.165, 1.54) is 5.56 Å². The Kier molecular flexibility index (Phi) is 5.33. The van der Waals surface area contributed by atoms with Gasteiger partial charge in [-0.05, 0) is 76.0 Å². The lowest BCUT2D eigenvalue weighted by Crippen LogP contribution is -2.36. The first-order valence-corrected chi connectivity index (χ1v) is 8.09. The Hall–Kier alpha value is -1.71. The van der Waals surface area contributed by atoms with Gasteiger partial charge in [0, 0.05) is 6.54 Å². The number of hydrogen-bond donors (Lipinski definition) is 2. The molecular weight excluding hydrogens is 278 g/mol. The average Bonchev–Trinajstić information content (AvgIpc) is 2.45. The summed E-state index contributed by atoms with van der Waals surface area (Å²) in [5.74, 6) is 1.42. The number of rotatable bonds is 3. The summed E-state index contributed by atoms with van der Waals surface area (Å²) < 4.78 is 5.26. The third kappa shape index (κ3) is 5.24. The third-order valence-electron chi connectivity index (χ3n) is 4.15. The summed E-state index contributed by atoms with van der Waals surface area (Å²) in [6.07, 6.45) is 4.16. The van der Waals surface area contributed by atoms with Gasteiger partial charge in [0.15, 0.2) is 0 Å². The Balaban J connectivity index is 1.73. The van der Waals surface area contributed by atoms with E-state index in [9.17, 15) is 9.90 Å². The van der Waals surface area contributed by atoms with Gasteiger partial charge < -0.3 is 15.2 Å². The largest absolute Gasteiger partial charge is 0.508 e. The van der Waals surface area contributed by atoms with Gasteiger partial charge in [-0.2, -0.15) is 0 Å². The molecule has 0 heterocycles. The molecule has 2 N–H and O–H groups in total. The summed E-state index contributed by atoms with van der Waals surface area (Å²) in [5.41, 5.74) is 0.858. The highest BCUT2D eigenvalue weighted by Gasteiger charge is 2.23. The summed E-state index contributed by atoms with van der Waals surface area (Å²) in [4.78, 5) is 11.7. The van der Waals surface area contributed by atoms with E-state index in [0.717, 1.165) is 25.7 Å². The number of ether oxygens (including phenoxy) is 1. The Bertz CT molecular complexity index is 482. The summed E-state index contributed by atoms with van der Waals surface area (Å²) in [5, 5.41) is 12.2. The minimum atomic E-state index is -0.444. The number of carbonyl (C=O) groups is 1. The molecule has 122 valence electrons. The van der Waals surface area contributed by atoms with Crippen molar-refractivity contribution in [3.8, 4) is 5.75 Å². The Morgan fingerprint density at radius 3 is 2.32 bits per heavy atom. The lowest BCUT2D eigenvalue weighted by molar-refractivity contribution is 0.0514. The zero-order valence-corrected chi connectivity index (χ0v) is 13.8. The minimum absolute atomic E-state index is 0.319. The van der Waals surface area contributed by atoms with Gasteiger partial charge in [0.2, 0.25) is 0 Å². The van der Waals surface area contributed by atoms with E-state index in [1.807, 2.05) is 32.9 Å². The number of aromatic hydroxyl groups is 1. The van der Waals surface area contributed by atoms with Crippen molar-refractivity contribution >= 4 is 6.09 Å². The van der Waals surface area contributed by atoms with Gasteiger partial charge in [0.25, 0.3) is 0 Å². The molecule has 1 fully saturated rings.